The first-order valence-electron chi connectivity index (χ1n) is 10.6. The lowest BCUT2D eigenvalue weighted by atomic mass is 9.86. The van der Waals surface area contributed by atoms with Crippen LogP contribution < -0.4 is 5.56 Å². The molecule has 0 unspecified atom stereocenters. The number of pyridine rings is 2. The predicted octanol–water partition coefficient (Wildman–Crippen LogP) is 3.77. The summed E-state index contributed by atoms with van der Waals surface area (Å²) in [7, 11) is 0. The third kappa shape index (κ3) is 2.72. The van der Waals surface area contributed by atoms with Crippen molar-refractivity contribution in [3.8, 4) is 11.4 Å². The lowest BCUT2D eigenvalue weighted by molar-refractivity contribution is -0.172. The van der Waals surface area contributed by atoms with Gasteiger partial charge in [0.15, 0.2) is 5.60 Å². The first kappa shape index (κ1) is 21.2. The van der Waals surface area contributed by atoms with Crippen LogP contribution >= 0.6 is 12.6 Å². The van der Waals surface area contributed by atoms with Gasteiger partial charge >= 0.3 is 5.97 Å². The van der Waals surface area contributed by atoms with Crippen LogP contribution in [0.4, 0.5) is 4.39 Å². The van der Waals surface area contributed by atoms with Crippen molar-refractivity contribution in [2.75, 3.05) is 0 Å². The van der Waals surface area contributed by atoms with Crippen molar-refractivity contribution in [2.24, 2.45) is 0 Å². The molecule has 5 rings (SSSR count). The summed E-state index contributed by atoms with van der Waals surface area (Å²) in [6.45, 7) is 5.81. The maximum absolute atomic E-state index is 14.8. The standard InChI is InChI=1S/C24H23FN2O4S/c1-4-24(30)16-6-19-21-12(8-27(19)22(28)14(16)9-31-23(24)29)5-13-18(26-21)7-17(25)15(10-32)20(13)11(2)3/h5-7,11,30,32H,4,8-10H2,1-3H3/t24-/m0/s1. The molecule has 0 bridgehead atoms. The summed E-state index contributed by atoms with van der Waals surface area (Å²) in [5.41, 5.74) is 2.19. The van der Waals surface area contributed by atoms with Crippen molar-refractivity contribution in [3.63, 3.8) is 0 Å². The topological polar surface area (TPSA) is 81.4 Å². The molecule has 6 nitrogen and oxygen atoms in total. The fourth-order valence-corrected chi connectivity index (χ4v) is 5.30. The van der Waals surface area contributed by atoms with E-state index in [-0.39, 0.29) is 47.2 Å². The van der Waals surface area contributed by atoms with Gasteiger partial charge in [-0.05, 0) is 30.0 Å². The number of halogens is 1. The molecule has 2 aromatic heterocycles. The van der Waals surface area contributed by atoms with Gasteiger partial charge in [-0.2, -0.15) is 12.6 Å². The van der Waals surface area contributed by atoms with Crippen molar-refractivity contribution in [1.29, 1.82) is 0 Å². The molecule has 2 aliphatic rings. The molecule has 0 saturated heterocycles. The molecule has 2 aliphatic heterocycles. The van der Waals surface area contributed by atoms with E-state index in [0.29, 0.717) is 29.0 Å². The van der Waals surface area contributed by atoms with Crippen LogP contribution in [0.5, 0.6) is 0 Å². The molecular formula is C24H23FN2O4S. The smallest absolute Gasteiger partial charge is 0.343 e. The van der Waals surface area contributed by atoms with E-state index in [0.717, 1.165) is 16.5 Å². The third-order valence-corrected chi connectivity index (χ3v) is 6.96. The van der Waals surface area contributed by atoms with Gasteiger partial charge in [0.2, 0.25) is 0 Å². The molecular weight excluding hydrogens is 431 g/mol. The Morgan fingerprint density at radius 2 is 2.06 bits per heavy atom. The Morgan fingerprint density at radius 3 is 2.72 bits per heavy atom. The molecule has 32 heavy (non-hydrogen) atoms. The van der Waals surface area contributed by atoms with Crippen molar-refractivity contribution in [1.82, 2.24) is 9.55 Å². The molecule has 1 atom stereocenters. The normalized spacial score (nSPS) is 19.2. The number of carbonyl (C=O) groups is 1. The molecule has 4 heterocycles. The van der Waals surface area contributed by atoms with Gasteiger partial charge in [0.1, 0.15) is 12.4 Å². The maximum atomic E-state index is 14.8. The summed E-state index contributed by atoms with van der Waals surface area (Å²) in [5, 5.41) is 11.8. The Labute approximate surface area is 189 Å². The van der Waals surface area contributed by atoms with Crippen LogP contribution in [0.15, 0.2) is 23.0 Å². The molecule has 0 aliphatic carbocycles. The Hall–Kier alpha value is -2.71. The molecule has 1 N–H and O–H groups in total. The molecule has 0 amide bonds. The number of aromatic nitrogens is 2. The molecule has 8 heteroatoms. The van der Waals surface area contributed by atoms with E-state index in [1.54, 1.807) is 17.6 Å². The number of nitrogens with zero attached hydrogens (tertiary/aromatic N) is 2. The summed E-state index contributed by atoms with van der Waals surface area (Å²) >= 11 is 4.32. The van der Waals surface area contributed by atoms with Gasteiger partial charge in [0, 0.05) is 33.9 Å². The molecule has 0 spiro atoms. The van der Waals surface area contributed by atoms with Crippen LogP contribution in [-0.4, -0.2) is 20.6 Å². The summed E-state index contributed by atoms with van der Waals surface area (Å²) in [6, 6.07) is 5.04. The number of aliphatic hydroxyl groups is 1. The summed E-state index contributed by atoms with van der Waals surface area (Å²) < 4.78 is 21.5. The second-order valence-electron chi connectivity index (χ2n) is 8.73. The number of esters is 1. The van der Waals surface area contributed by atoms with E-state index in [2.05, 4.69) is 12.6 Å². The Balaban J connectivity index is 1.80. The fourth-order valence-electron chi connectivity index (χ4n) is 4.98. The van der Waals surface area contributed by atoms with Crippen molar-refractivity contribution in [3.05, 3.63) is 62.2 Å². The summed E-state index contributed by atoms with van der Waals surface area (Å²) in [6.07, 6.45) is 0.0786. The van der Waals surface area contributed by atoms with Crippen LogP contribution in [0, 0.1) is 5.82 Å². The van der Waals surface area contributed by atoms with E-state index in [1.165, 1.54) is 6.07 Å². The minimum Gasteiger partial charge on any atom is -0.458 e. The summed E-state index contributed by atoms with van der Waals surface area (Å²) in [5.74, 6) is -0.767. The molecule has 0 saturated carbocycles. The third-order valence-electron chi connectivity index (χ3n) is 6.65. The second-order valence-corrected chi connectivity index (χ2v) is 9.05. The largest absolute Gasteiger partial charge is 0.458 e. The van der Waals surface area contributed by atoms with E-state index in [4.69, 9.17) is 9.72 Å². The quantitative estimate of drug-likeness (QED) is 0.364. The van der Waals surface area contributed by atoms with Gasteiger partial charge in [-0.15, -0.1) is 0 Å². The average molecular weight is 455 g/mol. The number of hydrogen-bond acceptors (Lipinski definition) is 6. The maximum Gasteiger partial charge on any atom is 0.343 e. The van der Waals surface area contributed by atoms with Gasteiger partial charge in [0.25, 0.3) is 5.56 Å². The molecule has 0 fully saturated rings. The number of rotatable bonds is 3. The van der Waals surface area contributed by atoms with Crippen LogP contribution in [0.2, 0.25) is 0 Å². The predicted molar refractivity (Wildman–Crippen MR) is 121 cm³/mol. The van der Waals surface area contributed by atoms with Crippen molar-refractivity contribution in [2.45, 2.75) is 57.6 Å². The highest BCUT2D eigenvalue weighted by Crippen LogP contribution is 2.40. The SMILES string of the molecule is CC[C@@]1(O)C(=O)OCc2c1cc1n(c2=O)Cc2cc3c(C(C)C)c(CS)c(F)cc3nc2-1. The molecule has 166 valence electrons. The van der Waals surface area contributed by atoms with Gasteiger partial charge < -0.3 is 14.4 Å². The monoisotopic (exact) mass is 454 g/mol. The zero-order chi connectivity index (χ0) is 22.9. The van der Waals surface area contributed by atoms with E-state index < -0.39 is 11.6 Å². The molecule has 3 aromatic rings. The number of hydrogen-bond donors (Lipinski definition) is 2. The lowest BCUT2D eigenvalue weighted by Gasteiger charge is -2.31. The van der Waals surface area contributed by atoms with Crippen LogP contribution in [0.3, 0.4) is 0 Å². The zero-order valence-electron chi connectivity index (χ0n) is 18.0. The van der Waals surface area contributed by atoms with Gasteiger partial charge in [-0.3, -0.25) is 4.79 Å². The van der Waals surface area contributed by atoms with Crippen molar-refractivity contribution >= 4 is 29.5 Å². The van der Waals surface area contributed by atoms with Gasteiger partial charge in [0.05, 0.1) is 29.0 Å². The van der Waals surface area contributed by atoms with Gasteiger partial charge in [-0.25, -0.2) is 14.2 Å². The lowest BCUT2D eigenvalue weighted by Crippen LogP contribution is -2.44. The van der Waals surface area contributed by atoms with Crippen LogP contribution in [-0.2, 0) is 34.0 Å². The Morgan fingerprint density at radius 1 is 1.31 bits per heavy atom. The Bertz CT molecular complexity index is 1380. The fraction of sp³-hybridized carbons (Fsp3) is 0.375. The van der Waals surface area contributed by atoms with Gasteiger partial charge in [-0.1, -0.05) is 20.8 Å². The molecule has 1 aromatic carbocycles. The number of thiol groups is 1. The molecule has 0 radical (unpaired) electrons. The van der Waals surface area contributed by atoms with E-state index >= 15 is 0 Å². The van der Waals surface area contributed by atoms with Crippen molar-refractivity contribution < 1.29 is 19.0 Å². The average Bonchev–Trinajstić information content (AvgIpc) is 3.12. The number of fused-ring (bicyclic) bond motifs is 5. The Kier molecular flexibility index (Phi) is 4.73. The van der Waals surface area contributed by atoms with Crippen LogP contribution in [0.25, 0.3) is 22.3 Å². The highest BCUT2D eigenvalue weighted by molar-refractivity contribution is 7.79. The number of benzene rings is 1. The first-order valence-corrected chi connectivity index (χ1v) is 11.3. The van der Waals surface area contributed by atoms with E-state index in [1.807, 2.05) is 19.9 Å². The first-order chi connectivity index (χ1) is 15.2. The van der Waals surface area contributed by atoms with E-state index in [9.17, 15) is 19.1 Å². The zero-order valence-corrected chi connectivity index (χ0v) is 18.9. The number of ether oxygens (including phenoxy) is 1. The minimum atomic E-state index is -1.87. The number of cyclic esters (lactones) is 1. The van der Waals surface area contributed by atoms with Crippen LogP contribution in [0.1, 0.15) is 60.9 Å². The highest BCUT2D eigenvalue weighted by atomic mass is 32.1. The highest BCUT2D eigenvalue weighted by Gasteiger charge is 2.45. The second kappa shape index (κ2) is 7.15. The minimum absolute atomic E-state index is 0.0664. The number of carbonyl (C=O) groups excluding carboxylic acids is 1. The summed E-state index contributed by atoms with van der Waals surface area (Å²) in [4.78, 5) is 30.3.